The summed E-state index contributed by atoms with van der Waals surface area (Å²) in [6.45, 7) is -8.29. The van der Waals surface area contributed by atoms with Gasteiger partial charge in [0, 0.05) is 37.8 Å². The minimum absolute atomic E-state index is 0.00415. The molecule has 0 radical (unpaired) electrons. The highest BCUT2D eigenvalue weighted by atomic mass is 16.6. The van der Waals surface area contributed by atoms with Crippen LogP contribution in [0.4, 0.5) is 4.79 Å². The van der Waals surface area contributed by atoms with Gasteiger partial charge in [0.25, 0.3) is 0 Å². The van der Waals surface area contributed by atoms with Gasteiger partial charge in [0.1, 0.15) is 28.8 Å². The molecule has 0 aliphatic rings. The third-order valence-corrected chi connectivity index (χ3v) is 17.8. The van der Waals surface area contributed by atoms with Crippen molar-refractivity contribution in [3.8, 4) is 0 Å². The number of ether oxygens (including phenoxy) is 22. The highest BCUT2D eigenvalue weighted by molar-refractivity contribution is 6.02. The summed E-state index contributed by atoms with van der Waals surface area (Å²) in [5.41, 5.74) is -5.84. The Morgan fingerprint density at radius 1 is 0.262 bits per heavy atom. The van der Waals surface area contributed by atoms with Crippen molar-refractivity contribution >= 4 is 105 Å². The Morgan fingerprint density at radius 2 is 0.459 bits per heavy atom. The lowest BCUT2D eigenvalue weighted by Crippen LogP contribution is -2.60. The maximum atomic E-state index is 14.7. The number of carbonyl (C=O) groups excluding carboxylic acids is 14. The maximum absolute atomic E-state index is 14.7. The Morgan fingerprint density at radius 3 is 0.672 bits per heavy atom. The monoisotopic (exact) mass is 1740 g/mol. The van der Waals surface area contributed by atoms with Crippen LogP contribution in [0.3, 0.4) is 0 Å². The van der Waals surface area contributed by atoms with E-state index in [0.717, 1.165) is 27.1 Å². The molecule has 0 saturated heterocycles. The minimum Gasteiger partial charge on any atom is -0.469 e. The van der Waals surface area contributed by atoms with Crippen molar-refractivity contribution in [1.82, 2.24) is 26.6 Å². The number of carbonyl (C=O) groups is 14. The van der Waals surface area contributed by atoms with E-state index in [1.807, 2.05) is 54.6 Å². The second kappa shape index (κ2) is 62.2. The molecule has 41 heteroatoms. The smallest absolute Gasteiger partial charge is 0.407 e. The quantitative estimate of drug-likeness (QED) is 0.0233. The van der Waals surface area contributed by atoms with E-state index in [4.69, 9.17) is 104 Å². The summed E-state index contributed by atoms with van der Waals surface area (Å²) in [6, 6.07) is 17.4. The molecule has 3 rings (SSSR count). The first-order valence-electron chi connectivity index (χ1n) is 39.3. The maximum Gasteiger partial charge on any atom is 0.407 e. The first kappa shape index (κ1) is 106. The van der Waals surface area contributed by atoms with Crippen molar-refractivity contribution in [1.29, 1.82) is 0 Å². The van der Waals surface area contributed by atoms with E-state index in [2.05, 4.69) is 26.6 Å². The molecule has 122 heavy (non-hydrogen) atoms. The van der Waals surface area contributed by atoms with Crippen LogP contribution in [-0.4, -0.2) is 335 Å². The largest absolute Gasteiger partial charge is 0.469 e. The molecule has 5 N–H and O–H groups in total. The van der Waals surface area contributed by atoms with E-state index in [0.29, 0.717) is 0 Å². The van der Waals surface area contributed by atoms with Gasteiger partial charge in [-0.25, -0.2) is 4.79 Å². The number of methoxy groups -OCH3 is 9. The molecule has 0 atom stereocenters. The predicted octanol–water partition coefficient (Wildman–Crippen LogP) is 1.86. The Bertz CT molecular complexity index is 3210. The van der Waals surface area contributed by atoms with Gasteiger partial charge in [0.2, 0.25) is 23.6 Å². The molecular formula is C81H121N5O36. The van der Waals surface area contributed by atoms with Crippen LogP contribution in [0.15, 0.2) is 54.6 Å². The van der Waals surface area contributed by atoms with E-state index in [1.54, 1.807) is 0 Å². The van der Waals surface area contributed by atoms with Gasteiger partial charge in [-0.05, 0) is 34.0 Å². The van der Waals surface area contributed by atoms with Gasteiger partial charge >= 0.3 is 59.8 Å². The summed E-state index contributed by atoms with van der Waals surface area (Å²) in [6.07, 6.45) is -4.24. The molecule has 3 aromatic rings. The number of hydrogen-bond donors (Lipinski definition) is 5. The topological polar surface area (TPSA) is 502 Å². The van der Waals surface area contributed by atoms with Crippen molar-refractivity contribution in [2.75, 3.05) is 229 Å². The molecule has 0 heterocycles. The van der Waals surface area contributed by atoms with Crippen molar-refractivity contribution in [2.45, 2.75) is 119 Å². The lowest BCUT2D eigenvalue weighted by Gasteiger charge is -2.36. The van der Waals surface area contributed by atoms with Gasteiger partial charge in [0.15, 0.2) is 0 Å². The molecule has 3 aromatic carbocycles. The van der Waals surface area contributed by atoms with Crippen LogP contribution in [-0.2, 0) is 173 Å². The molecule has 0 aliphatic heterocycles. The Labute approximate surface area is 708 Å². The van der Waals surface area contributed by atoms with Crippen molar-refractivity contribution in [3.05, 3.63) is 60.2 Å². The minimum atomic E-state index is -1.84. The molecule has 0 fully saturated rings. The molecule has 0 bridgehead atoms. The molecule has 0 aromatic heterocycles. The van der Waals surface area contributed by atoms with Crippen LogP contribution < -0.4 is 26.6 Å². The highest BCUT2D eigenvalue weighted by Gasteiger charge is 2.39. The molecule has 5 amide bonds. The van der Waals surface area contributed by atoms with E-state index < -0.39 is 165 Å². The van der Waals surface area contributed by atoms with Gasteiger partial charge in [-0.3, -0.25) is 62.3 Å². The number of benzene rings is 3. The normalized spacial score (nSPS) is 11.5. The number of hydrogen-bond acceptors (Lipinski definition) is 36. The number of nitrogens with one attached hydrogen (secondary N) is 5. The van der Waals surface area contributed by atoms with Gasteiger partial charge in [-0.1, -0.05) is 48.5 Å². The Kier molecular flexibility index (Phi) is 54.2. The number of esters is 9. The molecule has 0 saturated carbocycles. The molecule has 0 aliphatic carbocycles. The third kappa shape index (κ3) is 45.3. The number of amides is 5. The fraction of sp³-hybridized carbons (Fsp3) is 0.654. The van der Waals surface area contributed by atoms with Crippen molar-refractivity contribution in [3.63, 3.8) is 0 Å². The Balaban J connectivity index is 2.18. The fourth-order valence-electron chi connectivity index (χ4n) is 11.3. The fourth-order valence-corrected chi connectivity index (χ4v) is 11.3. The van der Waals surface area contributed by atoms with Crippen LogP contribution in [0.5, 0.6) is 0 Å². The van der Waals surface area contributed by atoms with E-state index >= 15 is 0 Å². The first-order valence-corrected chi connectivity index (χ1v) is 39.3. The zero-order valence-electron chi connectivity index (χ0n) is 71.2. The number of fused-ring (bicyclic) bond motifs is 2. The molecule has 0 unspecified atom stereocenters. The highest BCUT2D eigenvalue weighted by Crippen LogP contribution is 2.29. The van der Waals surface area contributed by atoms with Crippen LogP contribution in [0, 0.1) is 0 Å². The van der Waals surface area contributed by atoms with Crippen LogP contribution in [0.2, 0.25) is 0 Å². The van der Waals surface area contributed by atoms with Crippen molar-refractivity contribution in [2.24, 2.45) is 0 Å². The van der Waals surface area contributed by atoms with Crippen LogP contribution in [0.1, 0.15) is 95.5 Å². The molecule has 41 nitrogen and oxygen atoms in total. The van der Waals surface area contributed by atoms with Crippen LogP contribution >= 0.6 is 0 Å². The SMILES string of the molecule is COC(=O)CCOCC(COCCC(=O)OC)(COCCC(=O)OC)NC(=O)CCOCC(COCCC(=O)NC(COCCC(=O)OC)(COCCC(=O)OC)COCCC(=O)OC)(COCCC(=O)NC(COCCC(=O)OC)(COCCC(=O)OC)COCCC(=O)OC)NC(=O)CCCNC(=O)OCc1c2ccccc2cc2ccccc12. The number of alkyl carbamates (subject to hydrolysis) is 1. The van der Waals surface area contributed by atoms with Gasteiger partial charge < -0.3 is 131 Å². The Hall–Kier alpha value is -9.92. The molecule has 686 valence electrons. The third-order valence-electron chi connectivity index (χ3n) is 17.8. The second-order valence-corrected chi connectivity index (χ2v) is 27.5. The van der Waals surface area contributed by atoms with E-state index in [9.17, 15) is 67.1 Å². The average molecular weight is 1740 g/mol. The second-order valence-electron chi connectivity index (χ2n) is 27.5. The molecule has 0 spiro atoms. The molecular weight excluding hydrogens is 1620 g/mol. The summed E-state index contributed by atoms with van der Waals surface area (Å²) in [5, 5.41) is 17.8. The van der Waals surface area contributed by atoms with Gasteiger partial charge in [-0.15, -0.1) is 0 Å². The lowest BCUT2D eigenvalue weighted by atomic mass is 9.97. The van der Waals surface area contributed by atoms with E-state index in [1.165, 1.54) is 64.0 Å². The number of rotatable bonds is 70. The summed E-state index contributed by atoms with van der Waals surface area (Å²) in [4.78, 5) is 181. The lowest BCUT2D eigenvalue weighted by molar-refractivity contribution is -0.145. The van der Waals surface area contributed by atoms with Gasteiger partial charge in [0.05, 0.1) is 280 Å². The van der Waals surface area contributed by atoms with E-state index in [-0.39, 0.29) is 203 Å². The zero-order chi connectivity index (χ0) is 89.7. The van der Waals surface area contributed by atoms with Crippen molar-refractivity contribution < 1.29 is 171 Å². The summed E-state index contributed by atoms with van der Waals surface area (Å²) in [5.74, 6) is -8.31. The summed E-state index contributed by atoms with van der Waals surface area (Å²) >= 11 is 0. The predicted molar refractivity (Wildman–Crippen MR) is 426 cm³/mol. The van der Waals surface area contributed by atoms with Crippen LogP contribution in [0.25, 0.3) is 21.5 Å². The standard InChI is InChI=1S/C81H121N5O36/c1-101-68(91)23-36-113-50-79(51-114-37-24-69(92)102-2,52-115-38-25-70(93)103-3)84-65(88)20-33-110-47-78(83-64(87)19-14-32-82-77(100)122-46-63-61-17-12-10-15-59(61)45-60-16-11-13-18-62(60)63,48-111-34-21-66(89)85-80(53-116-39-26-71(94)104-4,54-117-40-27-72(95)105-5)55-118-41-28-73(96)106-6)49-112-35-22-67(90)86-81(56-119-42-29-74(97)107-7,57-120-43-30-75(98)108-8)58-121-44-31-76(99)109-9/h10-13,15-18,45H,14,19-44,46-58H2,1-9H3,(H,82,100)(H,83,87)(H,84,88)(H,85,89)(H,86,90). The average Bonchev–Trinajstić information content (AvgIpc) is 0.776. The van der Waals surface area contributed by atoms with Gasteiger partial charge in [-0.2, -0.15) is 0 Å². The first-order chi connectivity index (χ1) is 58.7. The summed E-state index contributed by atoms with van der Waals surface area (Å²) in [7, 11) is 10.7. The zero-order valence-corrected chi connectivity index (χ0v) is 71.2. The summed E-state index contributed by atoms with van der Waals surface area (Å²) < 4.78 is 120.